The molecule has 0 spiro atoms. The van der Waals surface area contributed by atoms with E-state index in [1.165, 1.54) is 12.1 Å². The summed E-state index contributed by atoms with van der Waals surface area (Å²) < 4.78 is 49.4. The molecule has 3 rings (SSSR count). The third kappa shape index (κ3) is 4.77. The van der Waals surface area contributed by atoms with Crippen molar-refractivity contribution < 1.29 is 27.4 Å². The highest BCUT2D eigenvalue weighted by Crippen LogP contribution is 2.33. The Balaban J connectivity index is 1.77. The van der Waals surface area contributed by atoms with Crippen LogP contribution in [0.25, 0.3) is 0 Å². The maximum Gasteiger partial charge on any atom is 0.416 e. The number of hydrogen-bond acceptors (Lipinski definition) is 3. The molecule has 28 heavy (non-hydrogen) atoms. The predicted octanol–water partition coefficient (Wildman–Crippen LogP) is 5.10. The molecule has 150 valence electrons. The average molecular weight is 393 g/mol. The highest BCUT2D eigenvalue weighted by atomic mass is 19.4. The van der Waals surface area contributed by atoms with Gasteiger partial charge in [0.1, 0.15) is 11.9 Å². The summed E-state index contributed by atoms with van der Waals surface area (Å²) in [5.74, 6) is 0.269. The minimum absolute atomic E-state index is 0.110. The lowest BCUT2D eigenvalue weighted by atomic mass is 9.88. The van der Waals surface area contributed by atoms with E-state index in [4.69, 9.17) is 9.47 Å². The van der Waals surface area contributed by atoms with Crippen LogP contribution in [0.15, 0.2) is 54.6 Å². The van der Waals surface area contributed by atoms with Gasteiger partial charge in [-0.25, -0.2) is 4.79 Å². The molecule has 1 amide bonds. The molecule has 0 N–H and O–H groups in total. The number of alkyl halides is 3. The van der Waals surface area contributed by atoms with E-state index in [0.717, 1.165) is 17.7 Å². The molecule has 0 aromatic heterocycles. The van der Waals surface area contributed by atoms with Crippen LogP contribution in [0.3, 0.4) is 0 Å². The molecule has 2 aromatic rings. The minimum Gasteiger partial charge on any atom is -0.490 e. The van der Waals surface area contributed by atoms with Gasteiger partial charge in [-0.05, 0) is 36.8 Å². The van der Waals surface area contributed by atoms with E-state index >= 15 is 0 Å². The Labute approximate surface area is 161 Å². The summed E-state index contributed by atoms with van der Waals surface area (Å²) in [6, 6.07) is 14.3. The van der Waals surface area contributed by atoms with Gasteiger partial charge >= 0.3 is 12.3 Å². The van der Waals surface area contributed by atoms with Gasteiger partial charge in [0, 0.05) is 25.4 Å². The summed E-state index contributed by atoms with van der Waals surface area (Å²) in [5.41, 5.74) is 0.296. The first kappa shape index (κ1) is 20.0. The van der Waals surface area contributed by atoms with Crippen LogP contribution in [0.1, 0.15) is 30.4 Å². The molecule has 1 heterocycles. The van der Waals surface area contributed by atoms with Gasteiger partial charge in [0.2, 0.25) is 0 Å². The zero-order valence-electron chi connectivity index (χ0n) is 15.5. The van der Waals surface area contributed by atoms with Crippen molar-refractivity contribution in [2.24, 2.45) is 0 Å². The molecular weight excluding hydrogens is 371 g/mol. The van der Waals surface area contributed by atoms with Gasteiger partial charge < -0.3 is 14.4 Å². The number of amides is 1. The van der Waals surface area contributed by atoms with Gasteiger partial charge in [0.25, 0.3) is 0 Å². The van der Waals surface area contributed by atoms with E-state index in [-0.39, 0.29) is 18.1 Å². The van der Waals surface area contributed by atoms with E-state index in [1.807, 2.05) is 30.3 Å². The lowest BCUT2D eigenvalue weighted by Crippen LogP contribution is -2.47. The monoisotopic (exact) mass is 393 g/mol. The van der Waals surface area contributed by atoms with Crippen molar-refractivity contribution in [2.75, 3.05) is 19.7 Å². The number of rotatable bonds is 4. The summed E-state index contributed by atoms with van der Waals surface area (Å²) >= 11 is 0. The summed E-state index contributed by atoms with van der Waals surface area (Å²) in [6.45, 7) is 2.95. The molecule has 0 saturated carbocycles. The van der Waals surface area contributed by atoms with E-state index in [0.29, 0.717) is 31.9 Å². The van der Waals surface area contributed by atoms with E-state index < -0.39 is 11.7 Å². The molecule has 0 bridgehead atoms. The van der Waals surface area contributed by atoms with Crippen molar-refractivity contribution in [3.8, 4) is 5.75 Å². The Bertz CT molecular complexity index is 778. The number of carbonyl (C=O) groups excluding carboxylic acids is 1. The van der Waals surface area contributed by atoms with Crippen LogP contribution in [0, 0.1) is 0 Å². The molecule has 0 radical (unpaired) electrons. The van der Waals surface area contributed by atoms with Crippen molar-refractivity contribution in [1.29, 1.82) is 0 Å². The second-order valence-electron chi connectivity index (χ2n) is 6.63. The van der Waals surface area contributed by atoms with Gasteiger partial charge in [-0.2, -0.15) is 13.2 Å². The maximum atomic E-state index is 12.8. The number of hydrogen-bond donors (Lipinski definition) is 0. The number of ether oxygens (including phenoxy) is 2. The summed E-state index contributed by atoms with van der Waals surface area (Å²) in [7, 11) is 0. The molecule has 1 fully saturated rings. The quantitative estimate of drug-likeness (QED) is 0.726. The Hall–Kier alpha value is -2.70. The molecule has 0 unspecified atom stereocenters. The first-order valence-electron chi connectivity index (χ1n) is 9.19. The van der Waals surface area contributed by atoms with Crippen LogP contribution in [0.2, 0.25) is 0 Å². The number of likely N-dealkylation sites (tertiary alicyclic amines) is 1. The Morgan fingerprint density at radius 3 is 2.39 bits per heavy atom. The minimum atomic E-state index is -4.38. The van der Waals surface area contributed by atoms with Gasteiger partial charge in [0.05, 0.1) is 12.2 Å². The summed E-state index contributed by atoms with van der Waals surface area (Å²) in [5, 5.41) is 0. The number of halogens is 3. The molecule has 4 nitrogen and oxygen atoms in total. The highest BCUT2D eigenvalue weighted by molar-refractivity contribution is 5.68. The largest absolute Gasteiger partial charge is 0.490 e. The molecule has 7 heteroatoms. The zero-order chi connectivity index (χ0) is 20.1. The number of benzene rings is 2. The summed E-state index contributed by atoms with van der Waals surface area (Å²) in [4.78, 5) is 13.8. The maximum absolute atomic E-state index is 12.8. The molecule has 0 aliphatic carbocycles. The number of carbonyl (C=O) groups is 1. The van der Waals surface area contributed by atoms with Crippen molar-refractivity contribution in [3.63, 3.8) is 0 Å². The lowest BCUT2D eigenvalue weighted by Gasteiger charge is -2.38. The Morgan fingerprint density at radius 1 is 1.11 bits per heavy atom. The fraction of sp³-hybridized carbons (Fsp3) is 0.381. The zero-order valence-corrected chi connectivity index (χ0v) is 15.5. The van der Waals surface area contributed by atoms with E-state index in [1.54, 1.807) is 11.8 Å². The fourth-order valence-corrected chi connectivity index (χ4v) is 3.37. The first-order chi connectivity index (χ1) is 13.4. The predicted molar refractivity (Wildman–Crippen MR) is 98.3 cm³/mol. The van der Waals surface area contributed by atoms with Crippen LogP contribution in [-0.4, -0.2) is 36.8 Å². The van der Waals surface area contributed by atoms with Crippen molar-refractivity contribution in [3.05, 3.63) is 65.7 Å². The van der Waals surface area contributed by atoms with Crippen LogP contribution < -0.4 is 4.74 Å². The third-order valence-corrected chi connectivity index (χ3v) is 4.77. The van der Waals surface area contributed by atoms with Gasteiger partial charge in [-0.1, -0.05) is 30.3 Å². The standard InChI is InChI=1S/C21H22F3NO3/c1-2-27-20(26)25-13-12-19(18(14-25)15-6-4-3-5-7-15)28-17-10-8-16(9-11-17)21(22,23)24/h3-11,18-19H,2,12-14H2,1H3/t18-,19+/m1/s1. The first-order valence-corrected chi connectivity index (χ1v) is 9.19. The molecule has 1 aliphatic heterocycles. The van der Waals surface area contributed by atoms with Crippen molar-refractivity contribution in [1.82, 2.24) is 4.90 Å². The average Bonchev–Trinajstić information content (AvgIpc) is 2.69. The molecule has 2 atom stereocenters. The SMILES string of the molecule is CCOC(=O)N1CC[C@H](Oc2ccc(C(F)(F)F)cc2)[C@@H](c2ccccc2)C1. The molecule has 1 aliphatic rings. The van der Waals surface area contributed by atoms with Crippen LogP contribution >= 0.6 is 0 Å². The topological polar surface area (TPSA) is 38.8 Å². The Kier molecular flexibility index (Phi) is 6.11. The third-order valence-electron chi connectivity index (χ3n) is 4.77. The second kappa shape index (κ2) is 8.54. The van der Waals surface area contributed by atoms with Crippen LogP contribution in [0.4, 0.5) is 18.0 Å². The lowest BCUT2D eigenvalue weighted by molar-refractivity contribution is -0.137. The second-order valence-corrected chi connectivity index (χ2v) is 6.63. The normalized spacial score (nSPS) is 19.9. The smallest absolute Gasteiger partial charge is 0.416 e. The van der Waals surface area contributed by atoms with E-state index in [9.17, 15) is 18.0 Å². The number of piperidine rings is 1. The Morgan fingerprint density at radius 2 is 1.79 bits per heavy atom. The van der Waals surface area contributed by atoms with Crippen LogP contribution in [0.5, 0.6) is 5.75 Å². The van der Waals surface area contributed by atoms with Crippen molar-refractivity contribution >= 4 is 6.09 Å². The molecule has 1 saturated heterocycles. The summed E-state index contributed by atoms with van der Waals surface area (Å²) in [6.07, 6.45) is -4.45. The van der Waals surface area contributed by atoms with Gasteiger partial charge in [-0.15, -0.1) is 0 Å². The number of nitrogens with zero attached hydrogens (tertiary/aromatic N) is 1. The van der Waals surface area contributed by atoms with Crippen molar-refractivity contribution in [2.45, 2.75) is 31.5 Å². The van der Waals surface area contributed by atoms with Crippen LogP contribution in [-0.2, 0) is 10.9 Å². The molecule has 2 aromatic carbocycles. The fourth-order valence-electron chi connectivity index (χ4n) is 3.37. The highest BCUT2D eigenvalue weighted by Gasteiger charge is 2.35. The van der Waals surface area contributed by atoms with E-state index in [2.05, 4.69) is 0 Å². The molecular formula is C21H22F3NO3. The van der Waals surface area contributed by atoms with Gasteiger partial charge in [-0.3, -0.25) is 0 Å². The van der Waals surface area contributed by atoms with Gasteiger partial charge in [0.15, 0.2) is 0 Å².